The van der Waals surface area contributed by atoms with Gasteiger partial charge in [0, 0.05) is 5.02 Å². The van der Waals surface area contributed by atoms with Gasteiger partial charge in [-0.3, -0.25) is 0 Å². The molecule has 0 amide bonds. The number of carbonyl (C=O) groups is 1. The maximum atomic E-state index is 11.2. The third kappa shape index (κ3) is 2.13. The van der Waals surface area contributed by atoms with Gasteiger partial charge in [-0.05, 0) is 30.3 Å². The lowest BCUT2D eigenvalue weighted by molar-refractivity contribution is 0.0699. The number of nitrogens with zero attached hydrogens (tertiary/aromatic N) is 1. The molecule has 1 aromatic heterocycles. The van der Waals surface area contributed by atoms with Crippen molar-refractivity contribution >= 4 is 40.3 Å². The Labute approximate surface area is 123 Å². The molecule has 2 aromatic carbocycles. The van der Waals surface area contributed by atoms with Crippen molar-refractivity contribution in [1.29, 1.82) is 0 Å². The van der Waals surface area contributed by atoms with E-state index in [1.54, 1.807) is 30.3 Å². The molecule has 4 nitrogen and oxygen atoms in total. The molecule has 1 heterocycles. The summed E-state index contributed by atoms with van der Waals surface area (Å²) in [6.07, 6.45) is 0. The van der Waals surface area contributed by atoms with Gasteiger partial charge in [-0.1, -0.05) is 29.3 Å². The Morgan fingerprint density at radius 2 is 2.00 bits per heavy atom. The predicted molar refractivity (Wildman–Crippen MR) is 76.4 cm³/mol. The zero-order valence-corrected chi connectivity index (χ0v) is 11.4. The molecule has 0 aliphatic carbocycles. The van der Waals surface area contributed by atoms with Crippen molar-refractivity contribution in [1.82, 2.24) is 4.98 Å². The highest BCUT2D eigenvalue weighted by atomic mass is 35.5. The number of halogens is 2. The molecule has 20 heavy (non-hydrogen) atoms. The van der Waals surface area contributed by atoms with E-state index in [1.807, 2.05) is 0 Å². The molecule has 0 unspecified atom stereocenters. The Balaban J connectivity index is 2.26. The van der Waals surface area contributed by atoms with Gasteiger partial charge in [0.2, 0.25) is 5.89 Å². The van der Waals surface area contributed by atoms with Gasteiger partial charge in [0.25, 0.3) is 0 Å². The zero-order valence-electron chi connectivity index (χ0n) is 9.93. The van der Waals surface area contributed by atoms with Crippen LogP contribution in [0.25, 0.3) is 22.6 Å². The minimum Gasteiger partial charge on any atom is -0.478 e. The van der Waals surface area contributed by atoms with Crippen LogP contribution in [-0.2, 0) is 0 Å². The Bertz CT molecular complexity index is 826. The summed E-state index contributed by atoms with van der Waals surface area (Å²) in [7, 11) is 0. The second kappa shape index (κ2) is 4.81. The number of fused-ring (bicyclic) bond motifs is 1. The highest BCUT2D eigenvalue weighted by molar-refractivity contribution is 6.35. The largest absolute Gasteiger partial charge is 0.478 e. The fraction of sp³-hybridized carbons (Fsp3) is 0. The van der Waals surface area contributed by atoms with Crippen LogP contribution in [0.2, 0.25) is 10.0 Å². The molecule has 1 N–H and O–H groups in total. The number of para-hydroxylation sites is 1. The summed E-state index contributed by atoms with van der Waals surface area (Å²) in [5.41, 5.74) is 1.27. The molecule has 3 aromatic rings. The molecule has 0 radical (unpaired) electrons. The van der Waals surface area contributed by atoms with E-state index in [2.05, 4.69) is 4.98 Å². The van der Waals surface area contributed by atoms with Crippen LogP contribution in [-0.4, -0.2) is 16.1 Å². The number of hydrogen-bond donors (Lipinski definition) is 1. The summed E-state index contributed by atoms with van der Waals surface area (Å²) < 4.78 is 5.56. The summed E-state index contributed by atoms with van der Waals surface area (Å²) in [6.45, 7) is 0. The topological polar surface area (TPSA) is 63.3 Å². The third-order valence-corrected chi connectivity index (χ3v) is 3.37. The first kappa shape index (κ1) is 13.0. The summed E-state index contributed by atoms with van der Waals surface area (Å²) in [6, 6.07) is 9.62. The van der Waals surface area contributed by atoms with Crippen LogP contribution in [0.5, 0.6) is 0 Å². The summed E-state index contributed by atoms with van der Waals surface area (Å²) in [5.74, 6) is -0.825. The Kier molecular flexibility index (Phi) is 3.12. The van der Waals surface area contributed by atoms with E-state index in [-0.39, 0.29) is 17.0 Å². The number of benzene rings is 2. The lowest BCUT2D eigenvalue weighted by atomic mass is 10.2. The lowest BCUT2D eigenvalue weighted by Gasteiger charge is -1.99. The van der Waals surface area contributed by atoms with Crippen molar-refractivity contribution in [2.24, 2.45) is 0 Å². The van der Waals surface area contributed by atoms with Crippen molar-refractivity contribution in [3.63, 3.8) is 0 Å². The van der Waals surface area contributed by atoms with Gasteiger partial charge in [0.15, 0.2) is 5.58 Å². The number of hydrogen-bond acceptors (Lipinski definition) is 3. The number of oxazole rings is 1. The van der Waals surface area contributed by atoms with Crippen LogP contribution in [0.4, 0.5) is 0 Å². The van der Waals surface area contributed by atoms with Crippen LogP contribution < -0.4 is 0 Å². The van der Waals surface area contributed by atoms with Crippen LogP contribution in [0.15, 0.2) is 40.8 Å². The van der Waals surface area contributed by atoms with E-state index in [1.165, 1.54) is 6.07 Å². The normalized spacial score (nSPS) is 10.9. The Morgan fingerprint density at radius 1 is 1.20 bits per heavy atom. The summed E-state index contributed by atoms with van der Waals surface area (Å²) in [4.78, 5) is 15.4. The quantitative estimate of drug-likeness (QED) is 0.757. The van der Waals surface area contributed by atoms with Crippen LogP contribution in [0.3, 0.4) is 0 Å². The van der Waals surface area contributed by atoms with E-state index in [0.717, 1.165) is 0 Å². The lowest BCUT2D eigenvalue weighted by Crippen LogP contribution is -1.96. The number of aromatic carboxylic acids is 1. The molecule has 0 bridgehead atoms. The van der Waals surface area contributed by atoms with Crippen molar-refractivity contribution < 1.29 is 14.3 Å². The Hall–Kier alpha value is -2.04. The molecule has 3 rings (SSSR count). The van der Waals surface area contributed by atoms with Gasteiger partial charge in [0.05, 0.1) is 16.1 Å². The van der Waals surface area contributed by atoms with E-state index in [9.17, 15) is 4.79 Å². The first-order valence-electron chi connectivity index (χ1n) is 5.64. The number of carboxylic acids is 1. The molecule has 0 saturated heterocycles. The maximum Gasteiger partial charge on any atom is 0.338 e. The molecule has 0 aliphatic rings. The first-order chi connectivity index (χ1) is 9.56. The Morgan fingerprint density at radius 3 is 2.75 bits per heavy atom. The van der Waals surface area contributed by atoms with Gasteiger partial charge in [0.1, 0.15) is 5.52 Å². The smallest absolute Gasteiger partial charge is 0.338 e. The summed E-state index contributed by atoms with van der Waals surface area (Å²) >= 11 is 12.0. The second-order valence-corrected chi connectivity index (χ2v) is 4.94. The maximum absolute atomic E-state index is 11.2. The highest BCUT2D eigenvalue weighted by Gasteiger charge is 2.17. The predicted octanol–water partition coefficient (Wildman–Crippen LogP) is 4.50. The van der Waals surface area contributed by atoms with Crippen molar-refractivity contribution in [2.45, 2.75) is 0 Å². The van der Waals surface area contributed by atoms with E-state index in [0.29, 0.717) is 21.2 Å². The molecule has 0 spiro atoms. The molecule has 0 atom stereocenters. The third-order valence-electron chi connectivity index (χ3n) is 2.81. The van der Waals surface area contributed by atoms with Crippen molar-refractivity contribution in [2.75, 3.05) is 0 Å². The SMILES string of the molecule is O=C(O)c1cccc2oc(-c3cc(Cl)ccc3Cl)nc12. The van der Waals surface area contributed by atoms with Crippen LogP contribution >= 0.6 is 23.2 Å². The zero-order chi connectivity index (χ0) is 14.3. The molecule has 100 valence electrons. The van der Waals surface area contributed by atoms with Crippen LogP contribution in [0, 0.1) is 0 Å². The van der Waals surface area contributed by atoms with Gasteiger partial charge in [-0.25, -0.2) is 9.78 Å². The second-order valence-electron chi connectivity index (χ2n) is 4.10. The van der Waals surface area contributed by atoms with Crippen molar-refractivity contribution in [3.8, 4) is 11.5 Å². The molecular formula is C14H7Cl2NO3. The van der Waals surface area contributed by atoms with E-state index < -0.39 is 5.97 Å². The average Bonchev–Trinajstić information content (AvgIpc) is 2.84. The van der Waals surface area contributed by atoms with E-state index in [4.69, 9.17) is 32.7 Å². The fourth-order valence-corrected chi connectivity index (χ4v) is 2.27. The molecule has 0 fully saturated rings. The first-order valence-corrected chi connectivity index (χ1v) is 6.40. The average molecular weight is 308 g/mol. The highest BCUT2D eigenvalue weighted by Crippen LogP contribution is 2.32. The molecule has 0 aliphatic heterocycles. The molecule has 0 saturated carbocycles. The standard InChI is InChI=1S/C14H7Cl2NO3/c15-7-4-5-10(16)9(6-7)13-17-12-8(14(18)19)2-1-3-11(12)20-13/h1-6H,(H,18,19). The molecule has 6 heteroatoms. The van der Waals surface area contributed by atoms with E-state index >= 15 is 0 Å². The van der Waals surface area contributed by atoms with Crippen LogP contribution in [0.1, 0.15) is 10.4 Å². The van der Waals surface area contributed by atoms with Gasteiger partial charge in [-0.2, -0.15) is 0 Å². The van der Waals surface area contributed by atoms with Gasteiger partial charge in [-0.15, -0.1) is 0 Å². The number of aromatic nitrogens is 1. The minimum atomic E-state index is -1.06. The monoisotopic (exact) mass is 307 g/mol. The van der Waals surface area contributed by atoms with Gasteiger partial charge >= 0.3 is 5.97 Å². The number of rotatable bonds is 2. The summed E-state index contributed by atoms with van der Waals surface area (Å²) in [5, 5.41) is 10.1. The number of carboxylic acid groups (broad SMARTS) is 1. The minimum absolute atomic E-state index is 0.0793. The molecular weight excluding hydrogens is 301 g/mol. The van der Waals surface area contributed by atoms with Crippen molar-refractivity contribution in [3.05, 3.63) is 52.0 Å². The van der Waals surface area contributed by atoms with Gasteiger partial charge < -0.3 is 9.52 Å². The fourth-order valence-electron chi connectivity index (χ4n) is 1.90.